The lowest BCUT2D eigenvalue weighted by molar-refractivity contribution is -0.115. The molecule has 4 aromatic carbocycles. The Morgan fingerprint density at radius 1 is 0.719 bits per heavy atom. The van der Waals surface area contributed by atoms with Crippen molar-refractivity contribution >= 4 is 24.2 Å². The Balaban J connectivity index is 1.46. The van der Waals surface area contributed by atoms with Crippen LogP contribution in [0.2, 0.25) is 0 Å². The maximum absolute atomic E-state index is 15.0. The van der Waals surface area contributed by atoms with Crippen molar-refractivity contribution in [3.8, 4) is 22.4 Å². The van der Waals surface area contributed by atoms with Gasteiger partial charge in [0.25, 0.3) is 11.8 Å². The van der Waals surface area contributed by atoms with E-state index in [0.29, 0.717) is 6.92 Å². The molecule has 5 aromatic rings. The highest BCUT2D eigenvalue weighted by Gasteiger charge is 2.46. The maximum Gasteiger partial charge on any atom is 0.598 e. The summed E-state index contributed by atoms with van der Waals surface area (Å²) >= 11 is 0. The number of alkyl halides is 4. The molecule has 0 bridgehead atoms. The lowest BCUT2D eigenvalue weighted by atomic mass is 9.86. The maximum atomic E-state index is 15.0. The number of nitrogens with zero attached hydrogens (tertiary/aromatic N) is 2. The molecular formula is C48H51BF4N2O2. The van der Waals surface area contributed by atoms with Gasteiger partial charge in [0, 0.05) is 40.1 Å². The Bertz CT molecular complexity index is 2320. The van der Waals surface area contributed by atoms with Crippen molar-refractivity contribution in [2.45, 2.75) is 104 Å². The number of fused-ring (bicyclic) bond motifs is 1. The third-order valence-corrected chi connectivity index (χ3v) is 10.9. The van der Waals surface area contributed by atoms with Crippen molar-refractivity contribution in [1.82, 2.24) is 4.48 Å². The number of hydrogen-bond donors (Lipinski definition) is 0. The van der Waals surface area contributed by atoms with E-state index >= 15 is 8.78 Å². The molecule has 4 nitrogen and oxygen atoms in total. The predicted octanol–water partition coefficient (Wildman–Crippen LogP) is 12.8. The monoisotopic (exact) mass is 774 g/mol. The second-order valence-corrected chi connectivity index (χ2v) is 17.9. The van der Waals surface area contributed by atoms with Crippen LogP contribution in [0.3, 0.4) is 0 Å². The van der Waals surface area contributed by atoms with Gasteiger partial charge in [-0.25, -0.2) is 22.6 Å². The van der Waals surface area contributed by atoms with Gasteiger partial charge in [0.1, 0.15) is 0 Å². The minimum absolute atomic E-state index is 0.0653. The molecule has 0 N–H and O–H groups in total. The number of rotatable bonds is 9. The summed E-state index contributed by atoms with van der Waals surface area (Å²) in [4.78, 5) is 5.33. The highest BCUT2D eigenvalue weighted by molar-refractivity contribution is 6.45. The molecule has 2 aliphatic rings. The summed E-state index contributed by atoms with van der Waals surface area (Å²) in [6.07, 6.45) is -3.57. The second-order valence-electron chi connectivity index (χ2n) is 17.9. The number of benzene rings is 4. The Labute approximate surface area is 334 Å². The first-order chi connectivity index (χ1) is 26.7. The van der Waals surface area contributed by atoms with E-state index in [1.54, 1.807) is 0 Å². The summed E-state index contributed by atoms with van der Waals surface area (Å²) in [5, 5.41) is 0. The molecule has 0 amide bonds. The molecule has 3 heterocycles. The predicted molar refractivity (Wildman–Crippen MR) is 225 cm³/mol. The van der Waals surface area contributed by atoms with E-state index in [1.807, 2.05) is 23.5 Å². The van der Waals surface area contributed by atoms with Gasteiger partial charge in [0.15, 0.2) is 0 Å². The van der Waals surface area contributed by atoms with Crippen LogP contribution in [0, 0.1) is 6.92 Å². The summed E-state index contributed by atoms with van der Waals surface area (Å²) in [7, 11) is -1.13. The molecule has 0 radical (unpaired) electrons. The van der Waals surface area contributed by atoms with Crippen LogP contribution in [-0.2, 0) is 20.1 Å². The summed E-state index contributed by atoms with van der Waals surface area (Å²) in [5.41, 5.74) is 13.0. The quantitative estimate of drug-likeness (QED) is 0.110. The van der Waals surface area contributed by atoms with Crippen LogP contribution < -0.4 is 0 Å². The third kappa shape index (κ3) is 8.61. The van der Waals surface area contributed by atoms with E-state index in [1.165, 1.54) is 5.56 Å². The highest BCUT2D eigenvalue weighted by atomic mass is 19.3. The topological polar surface area (TPSA) is 35.8 Å². The SMILES string of the molecule is C/C(=C1/N=C(c2ccc(C)cc2)c2ccccc21)c1c(-c2ccc(C(C)(C)C)cc2)cc(-c2ccc(C(C)(C)C)cc2)n1B1OCC(CC(F)(F)CC(C)(F)F)O1. The van der Waals surface area contributed by atoms with Gasteiger partial charge in [-0.05, 0) is 65.5 Å². The van der Waals surface area contributed by atoms with Crippen LogP contribution in [-0.4, -0.2) is 42.0 Å². The van der Waals surface area contributed by atoms with Crippen LogP contribution >= 0.6 is 0 Å². The Kier molecular flexibility index (Phi) is 10.6. The lowest BCUT2D eigenvalue weighted by Crippen LogP contribution is -2.33. The molecule has 2 aliphatic heterocycles. The molecule has 57 heavy (non-hydrogen) atoms. The van der Waals surface area contributed by atoms with Gasteiger partial charge in [-0.2, -0.15) is 0 Å². The number of aromatic nitrogens is 1. The van der Waals surface area contributed by atoms with E-state index in [4.69, 9.17) is 14.3 Å². The molecule has 1 fully saturated rings. The van der Waals surface area contributed by atoms with Crippen molar-refractivity contribution in [2.75, 3.05) is 6.61 Å². The van der Waals surface area contributed by atoms with Crippen LogP contribution in [0.25, 0.3) is 33.7 Å². The average Bonchev–Trinajstić information content (AvgIpc) is 3.86. The lowest BCUT2D eigenvalue weighted by Gasteiger charge is -2.23. The second kappa shape index (κ2) is 14.9. The molecule has 7 rings (SSSR count). The zero-order valence-electron chi connectivity index (χ0n) is 34.3. The average molecular weight is 775 g/mol. The standard InChI is InChI=1S/C48H51BF4N2O2/c1-30-14-16-34(17-15-30)43-39-13-11-10-12-38(39)42(54-43)31(2)44-40(32-18-22-35(23-19-32)45(3,4)5)26-41(33-20-24-36(25-21-33)46(6,7)8)55(44)49-56-28-37(57-49)27-48(52,53)29-47(9,50)51/h10-26,37H,27-29H2,1-9H3/b42-31-. The van der Waals surface area contributed by atoms with E-state index in [-0.39, 0.29) is 17.4 Å². The Hall–Kier alpha value is -4.73. The summed E-state index contributed by atoms with van der Waals surface area (Å²) in [6.45, 7) is 17.4. The molecule has 1 aromatic heterocycles. The first-order valence-corrected chi connectivity index (χ1v) is 19.7. The normalized spacial score (nSPS) is 17.2. The van der Waals surface area contributed by atoms with Gasteiger partial charge >= 0.3 is 7.25 Å². The van der Waals surface area contributed by atoms with Crippen LogP contribution in [0.5, 0.6) is 0 Å². The smallest absolute Gasteiger partial charge is 0.389 e. The van der Waals surface area contributed by atoms with Crippen molar-refractivity contribution in [2.24, 2.45) is 4.99 Å². The molecular weight excluding hydrogens is 723 g/mol. The first kappa shape index (κ1) is 40.5. The largest absolute Gasteiger partial charge is 0.598 e. The number of aryl methyl sites for hydroxylation is 1. The fraction of sp³-hybridized carbons (Fsp3) is 0.354. The van der Waals surface area contributed by atoms with Crippen LogP contribution in [0.15, 0.2) is 108 Å². The molecule has 0 aliphatic carbocycles. The zero-order chi connectivity index (χ0) is 41.1. The molecule has 0 spiro atoms. The highest BCUT2D eigenvalue weighted by Crippen LogP contribution is 2.44. The molecule has 0 saturated carbocycles. The van der Waals surface area contributed by atoms with Crippen molar-refractivity contribution in [3.05, 3.63) is 142 Å². The van der Waals surface area contributed by atoms with Crippen LogP contribution in [0.1, 0.15) is 107 Å². The van der Waals surface area contributed by atoms with Crippen molar-refractivity contribution in [1.29, 1.82) is 0 Å². The number of aliphatic imine (C=N–C) groups is 1. The van der Waals surface area contributed by atoms with Gasteiger partial charge in [-0.15, -0.1) is 0 Å². The van der Waals surface area contributed by atoms with Crippen molar-refractivity contribution in [3.63, 3.8) is 0 Å². The number of hydrogen-bond acceptors (Lipinski definition) is 3. The first-order valence-electron chi connectivity index (χ1n) is 19.7. The summed E-state index contributed by atoms with van der Waals surface area (Å²) in [5.74, 6) is -7.18. The fourth-order valence-corrected chi connectivity index (χ4v) is 7.85. The zero-order valence-corrected chi connectivity index (χ0v) is 34.3. The van der Waals surface area contributed by atoms with E-state index in [2.05, 4.69) is 139 Å². The van der Waals surface area contributed by atoms with Crippen molar-refractivity contribution < 1.29 is 26.9 Å². The Morgan fingerprint density at radius 3 is 1.82 bits per heavy atom. The molecule has 1 saturated heterocycles. The fourth-order valence-electron chi connectivity index (χ4n) is 7.85. The number of allylic oxidation sites excluding steroid dienone is 1. The van der Waals surface area contributed by atoms with Gasteiger partial charge in [-0.1, -0.05) is 144 Å². The minimum atomic E-state index is -3.65. The number of halogens is 4. The Morgan fingerprint density at radius 2 is 1.26 bits per heavy atom. The molecule has 296 valence electrons. The molecule has 1 atom stereocenters. The molecule has 1 unspecified atom stereocenters. The third-order valence-electron chi connectivity index (χ3n) is 10.9. The van der Waals surface area contributed by atoms with E-state index in [0.717, 1.165) is 72.9 Å². The van der Waals surface area contributed by atoms with E-state index in [9.17, 15) is 8.78 Å². The van der Waals surface area contributed by atoms with Crippen LogP contribution in [0.4, 0.5) is 17.6 Å². The van der Waals surface area contributed by atoms with Gasteiger partial charge in [0.2, 0.25) is 0 Å². The summed E-state index contributed by atoms with van der Waals surface area (Å²) in [6, 6.07) is 35.4. The molecule has 9 heteroatoms. The van der Waals surface area contributed by atoms with Gasteiger partial charge in [0.05, 0.1) is 30.5 Å². The summed E-state index contributed by atoms with van der Waals surface area (Å²) < 4.78 is 72.2. The van der Waals surface area contributed by atoms with Gasteiger partial charge < -0.3 is 13.8 Å². The van der Waals surface area contributed by atoms with Gasteiger partial charge in [-0.3, -0.25) is 0 Å². The van der Waals surface area contributed by atoms with E-state index < -0.39 is 38.0 Å². The minimum Gasteiger partial charge on any atom is -0.389 e.